The van der Waals surface area contributed by atoms with Crippen LogP contribution < -0.4 is 0 Å². The molecule has 1 atom stereocenters. The molecule has 0 fully saturated rings. The molecule has 0 aliphatic carbocycles. The zero-order valence-corrected chi connectivity index (χ0v) is 10.5. The van der Waals surface area contributed by atoms with Gasteiger partial charge in [-0.3, -0.25) is 9.78 Å². The SMILES string of the molecule is CC(C(=O)c1cc2ccccc2o1)c1ccccn1. The van der Waals surface area contributed by atoms with Crippen molar-refractivity contribution in [1.82, 2.24) is 4.98 Å². The van der Waals surface area contributed by atoms with Crippen LogP contribution in [0.3, 0.4) is 0 Å². The van der Waals surface area contributed by atoms with Gasteiger partial charge in [0.25, 0.3) is 0 Å². The van der Waals surface area contributed by atoms with Gasteiger partial charge in [0.15, 0.2) is 5.76 Å². The molecule has 0 saturated carbocycles. The highest BCUT2D eigenvalue weighted by Crippen LogP contribution is 2.24. The minimum atomic E-state index is -0.304. The number of nitrogens with zero attached hydrogens (tertiary/aromatic N) is 1. The Morgan fingerprint density at radius 2 is 1.95 bits per heavy atom. The number of pyridine rings is 1. The van der Waals surface area contributed by atoms with Crippen molar-refractivity contribution in [1.29, 1.82) is 0 Å². The van der Waals surface area contributed by atoms with Gasteiger partial charge < -0.3 is 4.42 Å². The standard InChI is InChI=1S/C16H13NO2/c1-11(13-7-4-5-9-17-13)16(18)15-10-12-6-2-3-8-14(12)19-15/h2-11H,1H3. The number of rotatable bonds is 3. The van der Waals surface area contributed by atoms with Crippen molar-refractivity contribution < 1.29 is 9.21 Å². The van der Waals surface area contributed by atoms with E-state index in [9.17, 15) is 4.79 Å². The maximum Gasteiger partial charge on any atom is 0.206 e. The maximum atomic E-state index is 12.4. The van der Waals surface area contributed by atoms with E-state index in [0.29, 0.717) is 5.76 Å². The topological polar surface area (TPSA) is 43.1 Å². The van der Waals surface area contributed by atoms with Crippen LogP contribution in [0.25, 0.3) is 11.0 Å². The van der Waals surface area contributed by atoms with Gasteiger partial charge in [-0.2, -0.15) is 0 Å². The van der Waals surface area contributed by atoms with E-state index < -0.39 is 0 Å². The fourth-order valence-electron chi connectivity index (χ4n) is 2.08. The number of aromatic nitrogens is 1. The Morgan fingerprint density at radius 1 is 1.16 bits per heavy atom. The summed E-state index contributed by atoms with van der Waals surface area (Å²) >= 11 is 0. The van der Waals surface area contributed by atoms with Crippen LogP contribution in [0, 0.1) is 0 Å². The van der Waals surface area contributed by atoms with E-state index in [1.54, 1.807) is 12.3 Å². The lowest BCUT2D eigenvalue weighted by molar-refractivity contribution is 0.0939. The molecule has 0 bridgehead atoms. The van der Waals surface area contributed by atoms with Crippen molar-refractivity contribution in [2.75, 3.05) is 0 Å². The third-order valence-electron chi connectivity index (χ3n) is 3.19. The molecule has 0 saturated heterocycles. The molecule has 0 radical (unpaired) electrons. The lowest BCUT2D eigenvalue weighted by Gasteiger charge is -2.07. The van der Waals surface area contributed by atoms with Gasteiger partial charge in [-0.1, -0.05) is 24.3 Å². The predicted octanol–water partition coefficient (Wildman–Crippen LogP) is 3.81. The molecule has 3 rings (SSSR count). The summed E-state index contributed by atoms with van der Waals surface area (Å²) in [4.78, 5) is 16.6. The van der Waals surface area contributed by atoms with Crippen LogP contribution in [-0.2, 0) is 0 Å². The van der Waals surface area contributed by atoms with Crippen molar-refractivity contribution in [2.45, 2.75) is 12.8 Å². The van der Waals surface area contributed by atoms with E-state index in [0.717, 1.165) is 16.7 Å². The molecule has 2 heterocycles. The Kier molecular flexibility index (Phi) is 2.88. The molecule has 3 heteroatoms. The summed E-state index contributed by atoms with van der Waals surface area (Å²) in [6.45, 7) is 1.85. The highest BCUT2D eigenvalue weighted by molar-refractivity contribution is 6.01. The zero-order valence-electron chi connectivity index (χ0n) is 10.5. The molecule has 0 N–H and O–H groups in total. The lowest BCUT2D eigenvalue weighted by Crippen LogP contribution is -2.09. The minimum absolute atomic E-state index is 0.0464. The third-order valence-corrected chi connectivity index (χ3v) is 3.19. The second-order valence-corrected chi connectivity index (χ2v) is 4.49. The number of fused-ring (bicyclic) bond motifs is 1. The number of ketones is 1. The van der Waals surface area contributed by atoms with Crippen LogP contribution in [0.2, 0.25) is 0 Å². The van der Waals surface area contributed by atoms with Crippen LogP contribution in [0.4, 0.5) is 0 Å². The Balaban J connectivity index is 1.95. The van der Waals surface area contributed by atoms with Crippen LogP contribution in [0.15, 0.2) is 59.1 Å². The van der Waals surface area contributed by atoms with E-state index >= 15 is 0 Å². The van der Waals surface area contributed by atoms with Gasteiger partial charge in [-0.25, -0.2) is 0 Å². The summed E-state index contributed by atoms with van der Waals surface area (Å²) in [7, 11) is 0. The number of hydrogen-bond acceptors (Lipinski definition) is 3. The Morgan fingerprint density at radius 3 is 2.68 bits per heavy atom. The first kappa shape index (κ1) is 11.7. The largest absolute Gasteiger partial charge is 0.453 e. The smallest absolute Gasteiger partial charge is 0.206 e. The van der Waals surface area contributed by atoms with Gasteiger partial charge in [0, 0.05) is 11.6 Å². The van der Waals surface area contributed by atoms with Gasteiger partial charge >= 0.3 is 0 Å². The van der Waals surface area contributed by atoms with Gasteiger partial charge in [0.1, 0.15) is 5.58 Å². The first-order valence-electron chi connectivity index (χ1n) is 6.19. The summed E-state index contributed by atoms with van der Waals surface area (Å²) in [5, 5.41) is 0.944. The van der Waals surface area contributed by atoms with E-state index in [-0.39, 0.29) is 11.7 Å². The molecule has 0 aliphatic heterocycles. The molecule has 0 aliphatic rings. The average Bonchev–Trinajstić information content (AvgIpc) is 2.90. The van der Waals surface area contributed by atoms with Gasteiger partial charge in [0.2, 0.25) is 5.78 Å². The monoisotopic (exact) mass is 251 g/mol. The molecule has 19 heavy (non-hydrogen) atoms. The van der Waals surface area contributed by atoms with E-state index in [1.807, 2.05) is 49.4 Å². The molecule has 1 aromatic carbocycles. The molecule has 3 aromatic rings. The summed E-state index contributed by atoms with van der Waals surface area (Å²) in [6.07, 6.45) is 1.69. The summed E-state index contributed by atoms with van der Waals surface area (Å²) < 4.78 is 5.60. The van der Waals surface area contributed by atoms with Crippen molar-refractivity contribution in [3.63, 3.8) is 0 Å². The normalized spacial score (nSPS) is 12.5. The van der Waals surface area contributed by atoms with Crippen LogP contribution >= 0.6 is 0 Å². The molecule has 1 unspecified atom stereocenters. The summed E-state index contributed by atoms with van der Waals surface area (Å²) in [6, 6.07) is 15.0. The Bertz CT molecular complexity index is 683. The summed E-state index contributed by atoms with van der Waals surface area (Å²) in [5.41, 5.74) is 1.49. The minimum Gasteiger partial charge on any atom is -0.453 e. The Hall–Kier alpha value is -2.42. The third kappa shape index (κ3) is 2.15. The quantitative estimate of drug-likeness (QED) is 0.665. The van der Waals surface area contributed by atoms with Crippen molar-refractivity contribution >= 4 is 16.8 Å². The van der Waals surface area contributed by atoms with Crippen molar-refractivity contribution in [2.24, 2.45) is 0 Å². The first-order valence-corrected chi connectivity index (χ1v) is 6.19. The van der Waals surface area contributed by atoms with Gasteiger partial charge in [-0.15, -0.1) is 0 Å². The van der Waals surface area contributed by atoms with Crippen molar-refractivity contribution in [3.05, 3.63) is 66.2 Å². The number of Topliss-reactive ketones (excluding diaryl/α,β-unsaturated/α-hetero) is 1. The molecule has 0 amide bonds. The van der Waals surface area contributed by atoms with E-state index in [4.69, 9.17) is 4.42 Å². The van der Waals surface area contributed by atoms with Crippen LogP contribution in [-0.4, -0.2) is 10.8 Å². The second kappa shape index (κ2) is 4.69. The number of furan rings is 1. The lowest BCUT2D eigenvalue weighted by atomic mass is 10.00. The molecule has 0 spiro atoms. The van der Waals surface area contributed by atoms with Gasteiger partial charge in [0.05, 0.1) is 11.6 Å². The fourth-order valence-corrected chi connectivity index (χ4v) is 2.08. The van der Waals surface area contributed by atoms with Crippen molar-refractivity contribution in [3.8, 4) is 0 Å². The molecule has 3 nitrogen and oxygen atoms in total. The van der Waals surface area contributed by atoms with E-state index in [1.165, 1.54) is 0 Å². The number of para-hydroxylation sites is 1. The molecular weight excluding hydrogens is 238 g/mol. The maximum absolute atomic E-state index is 12.4. The van der Waals surface area contributed by atoms with Gasteiger partial charge in [-0.05, 0) is 31.2 Å². The first-order chi connectivity index (χ1) is 9.25. The number of carbonyl (C=O) groups excluding carboxylic acids is 1. The van der Waals surface area contributed by atoms with Crippen LogP contribution in [0.5, 0.6) is 0 Å². The highest BCUT2D eigenvalue weighted by atomic mass is 16.3. The number of hydrogen-bond donors (Lipinski definition) is 0. The average molecular weight is 251 g/mol. The number of benzene rings is 1. The van der Waals surface area contributed by atoms with E-state index in [2.05, 4.69) is 4.98 Å². The fraction of sp³-hybridized carbons (Fsp3) is 0.125. The second-order valence-electron chi connectivity index (χ2n) is 4.49. The molecule has 2 aromatic heterocycles. The predicted molar refractivity (Wildman–Crippen MR) is 73.2 cm³/mol. The van der Waals surface area contributed by atoms with Crippen LogP contribution in [0.1, 0.15) is 29.1 Å². The molecule has 94 valence electrons. The zero-order chi connectivity index (χ0) is 13.2. The highest BCUT2D eigenvalue weighted by Gasteiger charge is 2.21. The molecular formula is C16H13NO2. The Labute approximate surface area is 110 Å². The summed E-state index contributed by atoms with van der Waals surface area (Å²) in [5.74, 6) is 0.0380. The number of carbonyl (C=O) groups is 1.